The van der Waals surface area contributed by atoms with E-state index in [2.05, 4.69) is 0 Å². The molecular formula is C18H26O5. The maximum atomic E-state index is 11.3. The summed E-state index contributed by atoms with van der Waals surface area (Å²) in [7, 11) is 0. The number of carboxylic acids is 2. The van der Waals surface area contributed by atoms with Gasteiger partial charge < -0.3 is 15.3 Å². The van der Waals surface area contributed by atoms with Crippen LogP contribution in [0.15, 0.2) is 24.3 Å². The van der Waals surface area contributed by atoms with E-state index in [0.717, 1.165) is 24.8 Å². The first-order chi connectivity index (χ1) is 10.9. The molecule has 0 amide bonds. The minimum absolute atomic E-state index is 0.157. The predicted molar refractivity (Wildman–Crippen MR) is 87.3 cm³/mol. The van der Waals surface area contributed by atoms with Gasteiger partial charge in [-0.3, -0.25) is 9.59 Å². The van der Waals surface area contributed by atoms with E-state index in [1.807, 2.05) is 24.3 Å². The lowest BCUT2D eigenvalue weighted by Gasteiger charge is -2.15. The molecule has 1 aromatic carbocycles. The van der Waals surface area contributed by atoms with Gasteiger partial charge >= 0.3 is 11.9 Å². The van der Waals surface area contributed by atoms with Crippen LogP contribution in [-0.2, 0) is 22.4 Å². The number of aliphatic carboxylic acids is 2. The van der Waals surface area contributed by atoms with Crippen molar-refractivity contribution in [3.05, 3.63) is 35.4 Å². The molecule has 0 radical (unpaired) electrons. The number of aryl methyl sites for hydroxylation is 2. The van der Waals surface area contributed by atoms with Crippen LogP contribution in [0.5, 0.6) is 0 Å². The van der Waals surface area contributed by atoms with Gasteiger partial charge in [-0.1, -0.05) is 31.2 Å². The predicted octanol–water partition coefficient (Wildman–Crippen LogP) is 2.75. The SMILES string of the molecule is CC(CC(CCc1ccc(CCCCO)cc1)C(=O)O)C(=O)O. The summed E-state index contributed by atoms with van der Waals surface area (Å²) in [5, 5.41) is 26.9. The zero-order valence-electron chi connectivity index (χ0n) is 13.6. The Morgan fingerprint density at radius 3 is 2.00 bits per heavy atom. The first-order valence-corrected chi connectivity index (χ1v) is 8.08. The zero-order valence-corrected chi connectivity index (χ0v) is 13.6. The Balaban J connectivity index is 2.50. The number of carbonyl (C=O) groups is 2. The monoisotopic (exact) mass is 322 g/mol. The molecule has 0 saturated heterocycles. The fourth-order valence-electron chi connectivity index (χ4n) is 2.52. The third kappa shape index (κ3) is 7.28. The van der Waals surface area contributed by atoms with Crippen LogP contribution < -0.4 is 0 Å². The molecule has 3 N–H and O–H groups in total. The molecule has 23 heavy (non-hydrogen) atoms. The van der Waals surface area contributed by atoms with Crippen LogP contribution in [0.3, 0.4) is 0 Å². The molecule has 0 spiro atoms. The Labute approximate surface area is 137 Å². The van der Waals surface area contributed by atoms with Crippen LogP contribution in [0.2, 0.25) is 0 Å². The number of aliphatic hydroxyl groups is 1. The molecule has 0 aliphatic rings. The molecular weight excluding hydrogens is 296 g/mol. The van der Waals surface area contributed by atoms with Crippen LogP contribution >= 0.6 is 0 Å². The second-order valence-corrected chi connectivity index (χ2v) is 6.05. The Morgan fingerprint density at radius 2 is 1.52 bits per heavy atom. The van der Waals surface area contributed by atoms with Gasteiger partial charge in [0.05, 0.1) is 11.8 Å². The van der Waals surface area contributed by atoms with E-state index < -0.39 is 23.8 Å². The van der Waals surface area contributed by atoms with Crippen molar-refractivity contribution in [1.29, 1.82) is 0 Å². The van der Waals surface area contributed by atoms with Crippen molar-refractivity contribution in [2.75, 3.05) is 6.61 Å². The lowest BCUT2D eigenvalue weighted by Crippen LogP contribution is -2.21. The highest BCUT2D eigenvalue weighted by molar-refractivity contribution is 5.73. The molecule has 5 nitrogen and oxygen atoms in total. The van der Waals surface area contributed by atoms with E-state index in [4.69, 9.17) is 10.2 Å². The van der Waals surface area contributed by atoms with Crippen molar-refractivity contribution >= 4 is 11.9 Å². The van der Waals surface area contributed by atoms with Gasteiger partial charge in [-0.05, 0) is 49.7 Å². The Bertz CT molecular complexity index is 495. The second-order valence-electron chi connectivity index (χ2n) is 6.05. The second kappa shape index (κ2) is 10.0. The standard InChI is InChI=1S/C18H26O5/c1-13(17(20)21)12-16(18(22)23)10-9-15-7-5-14(6-8-15)4-2-3-11-19/h5-8,13,16,19H,2-4,9-12H2,1H3,(H,20,21)(H,22,23). The topological polar surface area (TPSA) is 94.8 Å². The minimum Gasteiger partial charge on any atom is -0.481 e. The largest absolute Gasteiger partial charge is 0.481 e. The summed E-state index contributed by atoms with van der Waals surface area (Å²) in [6.45, 7) is 1.75. The molecule has 0 saturated carbocycles. The van der Waals surface area contributed by atoms with Crippen LogP contribution in [0.1, 0.15) is 43.7 Å². The number of hydrogen-bond acceptors (Lipinski definition) is 3. The maximum absolute atomic E-state index is 11.3. The summed E-state index contributed by atoms with van der Waals surface area (Å²) in [5.41, 5.74) is 2.27. The Morgan fingerprint density at radius 1 is 0.957 bits per heavy atom. The fraction of sp³-hybridized carbons (Fsp3) is 0.556. The lowest BCUT2D eigenvalue weighted by atomic mass is 9.90. The smallest absolute Gasteiger partial charge is 0.306 e. The Hall–Kier alpha value is -1.88. The van der Waals surface area contributed by atoms with Crippen LogP contribution in [-0.4, -0.2) is 33.9 Å². The van der Waals surface area contributed by atoms with Crippen molar-refractivity contribution in [2.45, 2.75) is 45.4 Å². The maximum Gasteiger partial charge on any atom is 0.306 e. The van der Waals surface area contributed by atoms with Crippen LogP contribution in [0.4, 0.5) is 0 Å². The molecule has 1 aromatic rings. The number of aliphatic hydroxyl groups excluding tert-OH is 1. The first-order valence-electron chi connectivity index (χ1n) is 8.08. The number of carboxylic acid groups (broad SMARTS) is 2. The lowest BCUT2D eigenvalue weighted by molar-refractivity contribution is -0.145. The van der Waals surface area contributed by atoms with Crippen molar-refractivity contribution in [1.82, 2.24) is 0 Å². The van der Waals surface area contributed by atoms with Crippen LogP contribution in [0.25, 0.3) is 0 Å². The molecule has 0 fully saturated rings. The molecule has 0 heterocycles. The highest BCUT2D eigenvalue weighted by Gasteiger charge is 2.23. The average molecular weight is 322 g/mol. The summed E-state index contributed by atoms with van der Waals surface area (Å²) in [6.07, 6.45) is 3.89. The molecule has 128 valence electrons. The number of unbranched alkanes of at least 4 members (excludes halogenated alkanes) is 1. The van der Waals surface area contributed by atoms with Gasteiger partial charge in [0, 0.05) is 6.61 Å². The van der Waals surface area contributed by atoms with Gasteiger partial charge in [0.2, 0.25) is 0 Å². The van der Waals surface area contributed by atoms with Gasteiger partial charge in [0.15, 0.2) is 0 Å². The third-order valence-corrected chi connectivity index (χ3v) is 4.09. The molecule has 0 aliphatic carbocycles. The summed E-state index contributed by atoms with van der Waals surface area (Å²) in [6, 6.07) is 8.05. The molecule has 0 aliphatic heterocycles. The van der Waals surface area contributed by atoms with E-state index in [9.17, 15) is 14.7 Å². The van der Waals surface area contributed by atoms with E-state index >= 15 is 0 Å². The highest BCUT2D eigenvalue weighted by atomic mass is 16.4. The van der Waals surface area contributed by atoms with Gasteiger partial charge in [0.25, 0.3) is 0 Å². The van der Waals surface area contributed by atoms with Crippen molar-refractivity contribution in [3.63, 3.8) is 0 Å². The van der Waals surface area contributed by atoms with Crippen molar-refractivity contribution in [3.8, 4) is 0 Å². The van der Waals surface area contributed by atoms with Gasteiger partial charge in [-0.25, -0.2) is 0 Å². The quantitative estimate of drug-likeness (QED) is 0.545. The summed E-state index contributed by atoms with van der Waals surface area (Å²) in [5.74, 6) is -3.17. The van der Waals surface area contributed by atoms with Gasteiger partial charge in [-0.15, -0.1) is 0 Å². The molecule has 5 heteroatoms. The summed E-state index contributed by atoms with van der Waals surface area (Å²) in [4.78, 5) is 22.1. The number of rotatable bonds is 11. The summed E-state index contributed by atoms with van der Waals surface area (Å²) < 4.78 is 0. The first kappa shape index (κ1) is 19.2. The molecule has 0 bridgehead atoms. The molecule has 1 rings (SSSR count). The minimum atomic E-state index is -0.955. The molecule has 2 unspecified atom stereocenters. The van der Waals surface area contributed by atoms with Gasteiger partial charge in [0.1, 0.15) is 0 Å². The van der Waals surface area contributed by atoms with Crippen molar-refractivity contribution < 1.29 is 24.9 Å². The number of benzene rings is 1. The average Bonchev–Trinajstić information content (AvgIpc) is 2.52. The van der Waals surface area contributed by atoms with E-state index in [0.29, 0.717) is 12.8 Å². The van der Waals surface area contributed by atoms with E-state index in [-0.39, 0.29) is 13.0 Å². The normalized spacial score (nSPS) is 13.5. The van der Waals surface area contributed by atoms with E-state index in [1.54, 1.807) is 6.92 Å². The fourth-order valence-corrected chi connectivity index (χ4v) is 2.52. The number of hydrogen-bond donors (Lipinski definition) is 3. The van der Waals surface area contributed by atoms with E-state index in [1.165, 1.54) is 5.56 Å². The summed E-state index contributed by atoms with van der Waals surface area (Å²) >= 11 is 0. The Kier molecular flexibility index (Phi) is 8.33. The van der Waals surface area contributed by atoms with Crippen molar-refractivity contribution in [2.24, 2.45) is 11.8 Å². The molecule has 0 aromatic heterocycles. The molecule has 2 atom stereocenters. The van der Waals surface area contributed by atoms with Gasteiger partial charge in [-0.2, -0.15) is 0 Å². The highest BCUT2D eigenvalue weighted by Crippen LogP contribution is 2.19. The van der Waals surface area contributed by atoms with Crippen LogP contribution in [0, 0.1) is 11.8 Å². The zero-order chi connectivity index (χ0) is 17.2. The third-order valence-electron chi connectivity index (χ3n) is 4.09.